The van der Waals surface area contributed by atoms with Crippen molar-refractivity contribution in [1.82, 2.24) is 4.90 Å². The van der Waals surface area contributed by atoms with Crippen molar-refractivity contribution < 1.29 is 19.1 Å². The van der Waals surface area contributed by atoms with Gasteiger partial charge in [-0.1, -0.05) is 50.3 Å². The normalized spacial score (nSPS) is 23.0. The van der Waals surface area contributed by atoms with E-state index in [9.17, 15) is 14.4 Å². The smallest absolute Gasteiger partial charge is 0.311 e. The van der Waals surface area contributed by atoms with Gasteiger partial charge in [-0.15, -0.1) is 0 Å². The fraction of sp³-hybridized carbons (Fsp3) is 0.625. The van der Waals surface area contributed by atoms with Crippen LogP contribution in [-0.2, 0) is 19.1 Å². The van der Waals surface area contributed by atoms with Crippen LogP contribution in [0.5, 0.6) is 0 Å². The number of carbonyl (C=O) groups excluding carboxylic acids is 3. The van der Waals surface area contributed by atoms with Crippen LogP contribution in [0.4, 0.5) is 5.69 Å². The van der Waals surface area contributed by atoms with Crippen molar-refractivity contribution in [2.75, 3.05) is 18.1 Å². The molecule has 0 radical (unpaired) electrons. The summed E-state index contributed by atoms with van der Waals surface area (Å²) in [4.78, 5) is 41.7. The number of amides is 2. The van der Waals surface area contributed by atoms with Gasteiger partial charge in [-0.2, -0.15) is 0 Å². The number of carbonyl (C=O) groups is 3. The molecule has 2 saturated carbocycles. The van der Waals surface area contributed by atoms with E-state index in [0.29, 0.717) is 6.54 Å². The molecule has 3 fully saturated rings. The van der Waals surface area contributed by atoms with Crippen LogP contribution in [0.2, 0.25) is 0 Å². The SMILES string of the molecule is O=C(OCC(=O)N(c1ccccc1)C1CCCCC1)[C@@H]1CC(=O)N(C2CCCC2)C1. The molecule has 30 heavy (non-hydrogen) atoms. The Morgan fingerprint density at radius 1 is 0.967 bits per heavy atom. The van der Waals surface area contributed by atoms with Gasteiger partial charge in [0.2, 0.25) is 5.91 Å². The third kappa shape index (κ3) is 4.68. The van der Waals surface area contributed by atoms with Gasteiger partial charge in [0.25, 0.3) is 5.91 Å². The number of esters is 1. The summed E-state index contributed by atoms with van der Waals surface area (Å²) in [5.41, 5.74) is 0.855. The first-order valence-corrected chi connectivity index (χ1v) is 11.5. The molecule has 4 rings (SSSR count). The van der Waals surface area contributed by atoms with E-state index < -0.39 is 11.9 Å². The summed E-state index contributed by atoms with van der Waals surface area (Å²) in [7, 11) is 0. The van der Waals surface area contributed by atoms with Crippen molar-refractivity contribution in [1.29, 1.82) is 0 Å². The average molecular weight is 413 g/mol. The Bertz CT molecular complexity index is 754. The van der Waals surface area contributed by atoms with Gasteiger partial charge < -0.3 is 14.5 Å². The Balaban J connectivity index is 1.36. The number of rotatable bonds is 6. The second-order valence-electron chi connectivity index (χ2n) is 8.88. The molecule has 1 aromatic rings. The molecule has 0 bridgehead atoms. The zero-order valence-corrected chi connectivity index (χ0v) is 17.6. The zero-order chi connectivity index (χ0) is 20.9. The quantitative estimate of drug-likeness (QED) is 0.669. The lowest BCUT2D eigenvalue weighted by Gasteiger charge is -2.34. The number of hydrogen-bond donors (Lipinski definition) is 0. The summed E-state index contributed by atoms with van der Waals surface area (Å²) < 4.78 is 5.43. The van der Waals surface area contributed by atoms with E-state index in [1.165, 1.54) is 6.42 Å². The standard InChI is InChI=1S/C24H32N2O4/c27-22-15-18(16-25(22)19-9-7-8-10-19)24(29)30-17-23(28)26(20-11-3-1-4-12-20)21-13-5-2-6-14-21/h1,3-4,11-12,18-19,21H,2,5-10,13-17H2/t18-/m1/s1. The summed E-state index contributed by atoms with van der Waals surface area (Å²) in [6.07, 6.45) is 9.93. The van der Waals surface area contributed by atoms with Crippen LogP contribution in [0.25, 0.3) is 0 Å². The molecule has 1 atom stereocenters. The molecule has 6 heteroatoms. The van der Waals surface area contributed by atoms with E-state index in [4.69, 9.17) is 4.74 Å². The van der Waals surface area contributed by atoms with Gasteiger partial charge in [-0.25, -0.2) is 0 Å². The highest BCUT2D eigenvalue weighted by Crippen LogP contribution is 2.30. The maximum atomic E-state index is 13.1. The molecular formula is C24H32N2O4. The highest BCUT2D eigenvalue weighted by molar-refractivity contribution is 5.96. The number of ether oxygens (including phenoxy) is 1. The van der Waals surface area contributed by atoms with Crippen molar-refractivity contribution >= 4 is 23.5 Å². The highest BCUT2D eigenvalue weighted by atomic mass is 16.5. The van der Waals surface area contributed by atoms with Crippen LogP contribution >= 0.6 is 0 Å². The largest absolute Gasteiger partial charge is 0.455 e. The zero-order valence-electron chi connectivity index (χ0n) is 17.6. The monoisotopic (exact) mass is 412 g/mol. The summed E-state index contributed by atoms with van der Waals surface area (Å²) in [6.45, 7) is 0.167. The summed E-state index contributed by atoms with van der Waals surface area (Å²) in [5.74, 6) is -1.01. The van der Waals surface area contributed by atoms with Crippen LogP contribution in [-0.4, -0.2) is 47.9 Å². The molecule has 0 aromatic heterocycles. The van der Waals surface area contributed by atoms with E-state index in [1.54, 1.807) is 0 Å². The Morgan fingerprint density at radius 2 is 1.63 bits per heavy atom. The summed E-state index contributed by atoms with van der Waals surface area (Å²) in [5, 5.41) is 0. The molecule has 0 unspecified atom stereocenters. The molecule has 0 spiro atoms. The number of likely N-dealkylation sites (tertiary alicyclic amines) is 1. The lowest BCUT2D eigenvalue weighted by molar-refractivity contribution is -0.152. The van der Waals surface area contributed by atoms with Gasteiger partial charge in [-0.3, -0.25) is 14.4 Å². The summed E-state index contributed by atoms with van der Waals surface area (Å²) >= 11 is 0. The molecule has 3 aliphatic rings. The van der Waals surface area contributed by atoms with Crippen molar-refractivity contribution in [3.05, 3.63) is 30.3 Å². The van der Waals surface area contributed by atoms with E-state index >= 15 is 0 Å². The average Bonchev–Trinajstić information content (AvgIpc) is 3.43. The fourth-order valence-corrected chi connectivity index (χ4v) is 5.26. The van der Waals surface area contributed by atoms with E-state index in [-0.39, 0.29) is 36.9 Å². The van der Waals surface area contributed by atoms with Crippen molar-refractivity contribution in [3.8, 4) is 0 Å². The maximum Gasteiger partial charge on any atom is 0.311 e. The Kier molecular flexibility index (Phi) is 6.70. The highest BCUT2D eigenvalue weighted by Gasteiger charge is 2.39. The first-order chi connectivity index (χ1) is 14.6. The third-order valence-electron chi connectivity index (χ3n) is 6.84. The Hall–Kier alpha value is -2.37. The Labute approximate surface area is 178 Å². The predicted octanol–water partition coefficient (Wildman–Crippen LogP) is 3.69. The number of para-hydroxylation sites is 1. The number of nitrogens with zero attached hydrogens (tertiary/aromatic N) is 2. The molecule has 1 saturated heterocycles. The molecule has 0 N–H and O–H groups in total. The number of anilines is 1. The van der Waals surface area contributed by atoms with Crippen LogP contribution in [0.15, 0.2) is 30.3 Å². The first kappa shape index (κ1) is 20.9. The van der Waals surface area contributed by atoms with Gasteiger partial charge in [-0.05, 0) is 37.8 Å². The van der Waals surface area contributed by atoms with E-state index in [1.807, 2.05) is 40.1 Å². The van der Waals surface area contributed by atoms with Gasteiger partial charge in [0.05, 0.1) is 5.92 Å². The van der Waals surface area contributed by atoms with Crippen LogP contribution in [0.3, 0.4) is 0 Å². The van der Waals surface area contributed by atoms with Crippen molar-refractivity contribution in [2.45, 2.75) is 76.3 Å². The van der Waals surface area contributed by atoms with Crippen molar-refractivity contribution in [3.63, 3.8) is 0 Å². The molecule has 6 nitrogen and oxygen atoms in total. The van der Waals surface area contributed by atoms with Crippen LogP contribution in [0, 0.1) is 5.92 Å². The fourth-order valence-electron chi connectivity index (χ4n) is 5.26. The lowest BCUT2D eigenvalue weighted by Crippen LogP contribution is -2.44. The topological polar surface area (TPSA) is 66.9 Å². The lowest BCUT2D eigenvalue weighted by atomic mass is 9.93. The minimum atomic E-state index is -0.453. The molecule has 1 aliphatic heterocycles. The van der Waals surface area contributed by atoms with Gasteiger partial charge in [0.15, 0.2) is 6.61 Å². The molecule has 162 valence electrons. The van der Waals surface area contributed by atoms with Gasteiger partial charge in [0.1, 0.15) is 0 Å². The number of benzene rings is 1. The predicted molar refractivity (Wildman–Crippen MR) is 114 cm³/mol. The Morgan fingerprint density at radius 3 is 2.33 bits per heavy atom. The molecule has 2 aliphatic carbocycles. The second-order valence-corrected chi connectivity index (χ2v) is 8.88. The minimum absolute atomic E-state index is 0.0447. The van der Waals surface area contributed by atoms with Gasteiger partial charge >= 0.3 is 5.97 Å². The molecule has 2 amide bonds. The van der Waals surface area contributed by atoms with Gasteiger partial charge in [0, 0.05) is 30.7 Å². The first-order valence-electron chi connectivity index (χ1n) is 11.5. The molecular weight excluding hydrogens is 380 g/mol. The second kappa shape index (κ2) is 9.63. The van der Waals surface area contributed by atoms with Crippen LogP contribution in [0.1, 0.15) is 64.2 Å². The number of hydrogen-bond acceptors (Lipinski definition) is 4. The van der Waals surface area contributed by atoms with Crippen molar-refractivity contribution in [2.24, 2.45) is 5.92 Å². The minimum Gasteiger partial charge on any atom is -0.455 e. The van der Waals surface area contributed by atoms with Crippen LogP contribution < -0.4 is 4.90 Å². The maximum absolute atomic E-state index is 13.1. The van der Waals surface area contributed by atoms with E-state index in [0.717, 1.165) is 57.1 Å². The molecule has 1 aromatic carbocycles. The molecule has 1 heterocycles. The summed E-state index contributed by atoms with van der Waals surface area (Å²) in [6, 6.07) is 10.1. The third-order valence-corrected chi connectivity index (χ3v) is 6.84. The van der Waals surface area contributed by atoms with E-state index in [2.05, 4.69) is 0 Å².